The number of Topliss-reactive ketones (excluding diaryl/α,β-unsaturated/α-hetero) is 1. The third kappa shape index (κ3) is 5.79. The van der Waals surface area contributed by atoms with Gasteiger partial charge in [-0.3, -0.25) is 14.5 Å². The van der Waals surface area contributed by atoms with E-state index in [0.717, 1.165) is 64.8 Å². The number of carbonyl (C=O) groups is 2. The number of fused-ring (bicyclic) bond motifs is 1. The van der Waals surface area contributed by atoms with Crippen molar-refractivity contribution in [3.05, 3.63) is 0 Å². The Bertz CT molecular complexity index is 518. The van der Waals surface area contributed by atoms with Crippen LogP contribution in [-0.2, 0) is 9.59 Å². The lowest BCUT2D eigenvalue weighted by molar-refractivity contribution is -0.133. The number of likely N-dealkylation sites (tertiary alicyclic amines) is 2. The summed E-state index contributed by atoms with van der Waals surface area (Å²) in [6.45, 7) is 11.6. The minimum absolute atomic E-state index is 0.321. The molecule has 5 nitrogen and oxygen atoms in total. The second kappa shape index (κ2) is 10.7. The lowest BCUT2D eigenvalue weighted by atomic mass is 9.73. The third-order valence-electron chi connectivity index (χ3n) is 7.19. The smallest absolute Gasteiger partial charge is 0.222 e. The number of piperidine rings is 2. The van der Waals surface area contributed by atoms with Crippen LogP contribution in [0.5, 0.6) is 0 Å². The fraction of sp³-hybridized carbons (Fsp3) is 0.913. The highest BCUT2D eigenvalue weighted by atomic mass is 16.2. The Labute approximate surface area is 171 Å². The monoisotopic (exact) mass is 391 g/mol. The number of amides is 1. The van der Waals surface area contributed by atoms with Gasteiger partial charge in [-0.15, -0.1) is 0 Å². The summed E-state index contributed by atoms with van der Waals surface area (Å²) in [4.78, 5) is 32.2. The number of hydrogen-bond donors (Lipinski definition) is 0. The van der Waals surface area contributed by atoms with E-state index in [1.54, 1.807) is 0 Å². The Morgan fingerprint density at radius 3 is 2.64 bits per heavy atom. The van der Waals surface area contributed by atoms with E-state index in [4.69, 9.17) is 0 Å². The van der Waals surface area contributed by atoms with Gasteiger partial charge in [0, 0.05) is 51.5 Å². The molecule has 0 aromatic carbocycles. The number of hydrogen-bond acceptors (Lipinski definition) is 4. The maximum absolute atomic E-state index is 13.0. The van der Waals surface area contributed by atoms with Crippen LogP contribution in [0.4, 0.5) is 0 Å². The first-order valence-electron chi connectivity index (χ1n) is 11.9. The fourth-order valence-corrected chi connectivity index (χ4v) is 5.74. The molecule has 160 valence electrons. The van der Waals surface area contributed by atoms with Gasteiger partial charge in [0.2, 0.25) is 5.91 Å². The Hall–Kier alpha value is -0.940. The van der Waals surface area contributed by atoms with Gasteiger partial charge in [0.1, 0.15) is 5.78 Å². The quantitative estimate of drug-likeness (QED) is 0.637. The van der Waals surface area contributed by atoms with Crippen LogP contribution in [-0.4, -0.2) is 78.2 Å². The molecule has 2 heterocycles. The van der Waals surface area contributed by atoms with Crippen molar-refractivity contribution in [3.8, 4) is 0 Å². The molecule has 0 aromatic heterocycles. The van der Waals surface area contributed by atoms with E-state index in [1.807, 2.05) is 0 Å². The average molecular weight is 392 g/mol. The molecule has 1 saturated carbocycles. The van der Waals surface area contributed by atoms with Gasteiger partial charge >= 0.3 is 0 Å². The number of ketones is 1. The second-order valence-corrected chi connectivity index (χ2v) is 9.29. The van der Waals surface area contributed by atoms with E-state index < -0.39 is 0 Å². The van der Waals surface area contributed by atoms with Gasteiger partial charge in [-0.1, -0.05) is 13.3 Å². The van der Waals surface area contributed by atoms with Gasteiger partial charge in [0.05, 0.1) is 0 Å². The van der Waals surface area contributed by atoms with Crippen molar-refractivity contribution in [2.45, 2.75) is 77.7 Å². The minimum Gasteiger partial charge on any atom is -0.342 e. The van der Waals surface area contributed by atoms with Gasteiger partial charge in [0.15, 0.2) is 0 Å². The molecule has 1 aliphatic carbocycles. The molecule has 2 aliphatic heterocycles. The van der Waals surface area contributed by atoms with Crippen molar-refractivity contribution < 1.29 is 9.59 Å². The maximum atomic E-state index is 13.0. The van der Waals surface area contributed by atoms with Gasteiger partial charge in [-0.05, 0) is 70.5 Å². The lowest BCUT2D eigenvalue weighted by Gasteiger charge is -2.47. The molecule has 5 heteroatoms. The minimum atomic E-state index is 0.321. The first-order chi connectivity index (χ1) is 13.6. The van der Waals surface area contributed by atoms with E-state index in [-0.39, 0.29) is 0 Å². The predicted octanol–water partition coefficient (Wildman–Crippen LogP) is 3.18. The number of rotatable bonds is 8. The molecular formula is C23H41N3O2. The SMILES string of the molecule is CCCN1C[C@@H](CC(=O)N(CC)CCN2CCCCC2)C[C@@H]2CC(=O)CC[C@H]21. The molecule has 0 bridgehead atoms. The Balaban J connectivity index is 1.52. The molecule has 2 saturated heterocycles. The maximum Gasteiger partial charge on any atom is 0.222 e. The van der Waals surface area contributed by atoms with Gasteiger partial charge < -0.3 is 9.80 Å². The van der Waals surface area contributed by atoms with Crippen LogP contribution in [0.25, 0.3) is 0 Å². The summed E-state index contributed by atoms with van der Waals surface area (Å²) in [5.41, 5.74) is 0. The number of likely N-dealkylation sites (N-methyl/N-ethyl adjacent to an activating group) is 1. The molecule has 3 rings (SSSR count). The standard InChI is InChI=1S/C23H41N3O2/c1-3-10-26-18-19(15-20-17-21(27)8-9-22(20)26)16-23(28)25(4-2)14-13-24-11-6-5-7-12-24/h19-20,22H,3-18H2,1-2H3/t19-,20-,22-/m1/s1. The lowest BCUT2D eigenvalue weighted by Crippen LogP contribution is -2.52. The van der Waals surface area contributed by atoms with Gasteiger partial charge in [-0.2, -0.15) is 0 Å². The molecule has 3 aliphatic rings. The van der Waals surface area contributed by atoms with Crippen molar-refractivity contribution in [1.29, 1.82) is 0 Å². The van der Waals surface area contributed by atoms with Gasteiger partial charge in [0.25, 0.3) is 0 Å². The van der Waals surface area contributed by atoms with E-state index in [9.17, 15) is 9.59 Å². The summed E-state index contributed by atoms with van der Waals surface area (Å²) in [7, 11) is 0. The predicted molar refractivity (Wildman–Crippen MR) is 113 cm³/mol. The van der Waals surface area contributed by atoms with Crippen LogP contribution in [0, 0.1) is 11.8 Å². The van der Waals surface area contributed by atoms with Crippen LogP contribution in [0.1, 0.15) is 71.6 Å². The molecule has 0 unspecified atom stereocenters. The third-order valence-corrected chi connectivity index (χ3v) is 7.19. The summed E-state index contributed by atoms with van der Waals surface area (Å²) in [6, 6.07) is 0.574. The topological polar surface area (TPSA) is 43.9 Å². The molecule has 0 aromatic rings. The van der Waals surface area contributed by atoms with E-state index >= 15 is 0 Å². The van der Waals surface area contributed by atoms with Crippen LogP contribution in [0.3, 0.4) is 0 Å². The molecule has 3 fully saturated rings. The van der Waals surface area contributed by atoms with Crippen molar-refractivity contribution >= 4 is 11.7 Å². The highest BCUT2D eigenvalue weighted by Gasteiger charge is 2.39. The van der Waals surface area contributed by atoms with Crippen LogP contribution in [0.2, 0.25) is 0 Å². The zero-order chi connectivity index (χ0) is 19.9. The molecule has 0 radical (unpaired) electrons. The molecule has 28 heavy (non-hydrogen) atoms. The zero-order valence-corrected chi connectivity index (χ0v) is 18.2. The zero-order valence-electron chi connectivity index (χ0n) is 18.2. The highest BCUT2D eigenvalue weighted by Crippen LogP contribution is 2.37. The molecular weight excluding hydrogens is 350 g/mol. The Morgan fingerprint density at radius 1 is 1.14 bits per heavy atom. The first kappa shape index (κ1) is 21.8. The summed E-state index contributed by atoms with van der Waals surface area (Å²) in [6.07, 6.45) is 9.35. The van der Waals surface area contributed by atoms with Crippen LogP contribution < -0.4 is 0 Å². The van der Waals surface area contributed by atoms with Crippen molar-refractivity contribution in [1.82, 2.24) is 14.7 Å². The van der Waals surface area contributed by atoms with E-state index in [1.165, 1.54) is 32.4 Å². The van der Waals surface area contributed by atoms with Crippen molar-refractivity contribution in [3.63, 3.8) is 0 Å². The highest BCUT2D eigenvalue weighted by molar-refractivity contribution is 5.79. The summed E-state index contributed by atoms with van der Waals surface area (Å²) in [5.74, 6) is 1.64. The average Bonchev–Trinajstić information content (AvgIpc) is 2.69. The van der Waals surface area contributed by atoms with Gasteiger partial charge in [-0.25, -0.2) is 0 Å². The Morgan fingerprint density at radius 2 is 1.93 bits per heavy atom. The molecule has 0 N–H and O–H groups in total. The normalized spacial score (nSPS) is 29.5. The largest absolute Gasteiger partial charge is 0.342 e. The summed E-state index contributed by atoms with van der Waals surface area (Å²) >= 11 is 0. The van der Waals surface area contributed by atoms with Crippen molar-refractivity contribution in [2.24, 2.45) is 11.8 Å². The number of nitrogens with zero attached hydrogens (tertiary/aromatic N) is 3. The fourth-order valence-electron chi connectivity index (χ4n) is 5.74. The van der Waals surface area contributed by atoms with Crippen LogP contribution >= 0.6 is 0 Å². The second-order valence-electron chi connectivity index (χ2n) is 9.29. The van der Waals surface area contributed by atoms with Crippen molar-refractivity contribution in [2.75, 3.05) is 45.8 Å². The first-order valence-corrected chi connectivity index (χ1v) is 11.9. The summed E-state index contributed by atoms with van der Waals surface area (Å²) in [5, 5.41) is 0. The molecule has 1 amide bonds. The Kier molecular flexibility index (Phi) is 8.34. The summed E-state index contributed by atoms with van der Waals surface area (Å²) < 4.78 is 0. The van der Waals surface area contributed by atoms with E-state index in [2.05, 4.69) is 28.5 Å². The molecule has 0 spiro atoms. The van der Waals surface area contributed by atoms with E-state index in [0.29, 0.717) is 36.0 Å². The number of carbonyl (C=O) groups excluding carboxylic acids is 2. The van der Waals surface area contributed by atoms with Crippen LogP contribution in [0.15, 0.2) is 0 Å². The molecule has 3 atom stereocenters.